The first-order valence-electron chi connectivity index (χ1n) is 9.36. The monoisotopic (exact) mass is 395 g/mol. The highest BCUT2D eigenvalue weighted by atomic mass is 32.2. The van der Waals surface area contributed by atoms with E-state index in [0.29, 0.717) is 12.5 Å². The van der Waals surface area contributed by atoms with Gasteiger partial charge >= 0.3 is 0 Å². The molecule has 1 aliphatic carbocycles. The van der Waals surface area contributed by atoms with E-state index < -0.39 is 0 Å². The highest BCUT2D eigenvalue weighted by molar-refractivity contribution is 7.98. The summed E-state index contributed by atoms with van der Waals surface area (Å²) in [5.41, 5.74) is 2.13. The molecule has 144 valence electrons. The van der Waals surface area contributed by atoms with Crippen LogP contribution in [0.2, 0.25) is 0 Å². The Hall–Kier alpha value is -2.60. The average molecular weight is 396 g/mol. The molecule has 0 aliphatic heterocycles. The second-order valence-corrected chi connectivity index (χ2v) is 7.80. The van der Waals surface area contributed by atoms with Crippen LogP contribution in [0.5, 0.6) is 5.75 Å². The molecule has 1 heterocycles. The second-order valence-electron chi connectivity index (χ2n) is 6.86. The molecular formula is C22H22FN3OS. The largest absolute Gasteiger partial charge is 0.489 e. The van der Waals surface area contributed by atoms with Gasteiger partial charge in [-0.25, -0.2) is 4.39 Å². The van der Waals surface area contributed by atoms with Crippen LogP contribution in [-0.4, -0.2) is 14.8 Å². The lowest BCUT2D eigenvalue weighted by molar-refractivity contribution is 0.306. The summed E-state index contributed by atoms with van der Waals surface area (Å²) in [6.07, 6.45) is 4.31. The van der Waals surface area contributed by atoms with E-state index in [4.69, 9.17) is 4.74 Å². The molecule has 0 amide bonds. The van der Waals surface area contributed by atoms with Gasteiger partial charge in [0.05, 0.1) is 0 Å². The SMILES string of the molecule is C=CCn1c(SCc2ccc(OCc3ccc(F)cc3)cc2)nnc1C1CC1. The van der Waals surface area contributed by atoms with Crippen LogP contribution in [0.3, 0.4) is 0 Å². The fraction of sp³-hybridized carbons (Fsp3) is 0.273. The van der Waals surface area contributed by atoms with E-state index >= 15 is 0 Å². The van der Waals surface area contributed by atoms with Crippen molar-refractivity contribution in [3.63, 3.8) is 0 Å². The van der Waals surface area contributed by atoms with Crippen LogP contribution in [-0.2, 0) is 18.9 Å². The summed E-state index contributed by atoms with van der Waals surface area (Å²) in [6.45, 7) is 5.02. The van der Waals surface area contributed by atoms with Gasteiger partial charge in [-0.05, 0) is 48.2 Å². The van der Waals surface area contributed by atoms with Crippen LogP contribution < -0.4 is 4.74 Å². The summed E-state index contributed by atoms with van der Waals surface area (Å²) in [6, 6.07) is 14.4. The van der Waals surface area contributed by atoms with Crippen LogP contribution in [0.15, 0.2) is 66.3 Å². The number of hydrogen-bond donors (Lipinski definition) is 0. The van der Waals surface area contributed by atoms with Crippen molar-refractivity contribution in [1.82, 2.24) is 14.8 Å². The first-order chi connectivity index (χ1) is 13.7. The number of aromatic nitrogens is 3. The number of hydrogen-bond acceptors (Lipinski definition) is 4. The van der Waals surface area contributed by atoms with Gasteiger partial charge < -0.3 is 9.30 Å². The third-order valence-electron chi connectivity index (χ3n) is 4.61. The summed E-state index contributed by atoms with van der Waals surface area (Å²) in [5, 5.41) is 9.70. The lowest BCUT2D eigenvalue weighted by atomic mass is 10.2. The molecule has 0 radical (unpaired) electrons. The minimum Gasteiger partial charge on any atom is -0.489 e. The Morgan fingerprint density at radius 1 is 1.07 bits per heavy atom. The Morgan fingerprint density at radius 2 is 1.79 bits per heavy atom. The van der Waals surface area contributed by atoms with Crippen molar-refractivity contribution in [2.45, 2.75) is 42.8 Å². The molecule has 1 fully saturated rings. The Balaban J connectivity index is 1.33. The number of rotatable bonds is 9. The van der Waals surface area contributed by atoms with Crippen molar-refractivity contribution in [1.29, 1.82) is 0 Å². The maximum Gasteiger partial charge on any atom is 0.191 e. The zero-order valence-corrected chi connectivity index (χ0v) is 16.4. The maximum atomic E-state index is 12.9. The van der Waals surface area contributed by atoms with Gasteiger partial charge in [-0.15, -0.1) is 16.8 Å². The molecule has 0 unspecified atom stereocenters. The lowest BCUT2D eigenvalue weighted by Crippen LogP contribution is -2.02. The van der Waals surface area contributed by atoms with Crippen LogP contribution >= 0.6 is 11.8 Å². The third-order valence-corrected chi connectivity index (χ3v) is 5.65. The molecule has 4 rings (SSSR count). The molecule has 0 bridgehead atoms. The minimum atomic E-state index is -0.237. The molecule has 1 saturated carbocycles. The number of allylic oxidation sites excluding steroid dienone is 1. The van der Waals surface area contributed by atoms with E-state index in [-0.39, 0.29) is 5.82 Å². The topological polar surface area (TPSA) is 39.9 Å². The highest BCUT2D eigenvalue weighted by Gasteiger charge is 2.30. The first-order valence-corrected chi connectivity index (χ1v) is 10.3. The number of nitrogens with zero attached hydrogens (tertiary/aromatic N) is 3. The van der Waals surface area contributed by atoms with Gasteiger partial charge in [0.2, 0.25) is 0 Å². The first kappa shape index (κ1) is 18.7. The second kappa shape index (κ2) is 8.61. The standard InChI is InChI=1S/C22H22FN3OS/c1-2-13-26-21(18-7-8-18)24-25-22(26)28-15-17-5-11-20(12-6-17)27-14-16-3-9-19(23)10-4-16/h2-6,9-12,18H,1,7-8,13-15H2. The molecule has 0 spiro atoms. The van der Waals surface area contributed by atoms with Crippen molar-refractivity contribution in [2.24, 2.45) is 0 Å². The summed E-state index contributed by atoms with van der Waals surface area (Å²) in [4.78, 5) is 0. The summed E-state index contributed by atoms with van der Waals surface area (Å²) < 4.78 is 20.9. The molecule has 0 atom stereocenters. The lowest BCUT2D eigenvalue weighted by Gasteiger charge is -2.08. The number of halogens is 1. The molecule has 0 N–H and O–H groups in total. The van der Waals surface area contributed by atoms with Crippen LogP contribution in [0.25, 0.3) is 0 Å². The van der Waals surface area contributed by atoms with E-state index in [1.165, 1.54) is 30.5 Å². The van der Waals surface area contributed by atoms with E-state index in [0.717, 1.165) is 34.6 Å². The van der Waals surface area contributed by atoms with E-state index in [9.17, 15) is 4.39 Å². The number of ether oxygens (including phenoxy) is 1. The van der Waals surface area contributed by atoms with Crippen LogP contribution in [0, 0.1) is 5.82 Å². The maximum absolute atomic E-state index is 12.9. The highest BCUT2D eigenvalue weighted by Crippen LogP contribution is 2.40. The fourth-order valence-electron chi connectivity index (χ4n) is 2.93. The average Bonchev–Trinajstić information content (AvgIpc) is 3.49. The van der Waals surface area contributed by atoms with Gasteiger partial charge in [0.25, 0.3) is 0 Å². The predicted molar refractivity (Wildman–Crippen MR) is 109 cm³/mol. The molecule has 2 aromatic carbocycles. The van der Waals surface area contributed by atoms with Crippen LogP contribution in [0.1, 0.15) is 35.7 Å². The Morgan fingerprint density at radius 3 is 2.46 bits per heavy atom. The molecule has 1 aromatic heterocycles. The van der Waals surface area contributed by atoms with Crippen molar-refractivity contribution < 1.29 is 9.13 Å². The van der Waals surface area contributed by atoms with Gasteiger partial charge in [-0.2, -0.15) is 0 Å². The van der Waals surface area contributed by atoms with E-state index in [1.54, 1.807) is 23.9 Å². The van der Waals surface area contributed by atoms with Crippen LogP contribution in [0.4, 0.5) is 4.39 Å². The smallest absolute Gasteiger partial charge is 0.191 e. The number of thioether (sulfide) groups is 1. The van der Waals surface area contributed by atoms with Gasteiger partial charge in [-0.3, -0.25) is 0 Å². The van der Waals surface area contributed by atoms with Gasteiger partial charge in [0.1, 0.15) is 24.0 Å². The van der Waals surface area contributed by atoms with E-state index in [2.05, 4.69) is 33.5 Å². The Bertz CT molecular complexity index is 933. The normalized spacial score (nSPS) is 13.5. The quantitative estimate of drug-likeness (QED) is 0.362. The molecule has 3 aromatic rings. The zero-order chi connectivity index (χ0) is 19.3. The Labute approximate surface area is 168 Å². The Kier molecular flexibility index (Phi) is 5.76. The predicted octanol–water partition coefficient (Wildman–Crippen LogP) is 5.35. The van der Waals surface area contributed by atoms with Crippen molar-refractivity contribution in [3.8, 4) is 5.75 Å². The van der Waals surface area contributed by atoms with Crippen molar-refractivity contribution in [3.05, 3.63) is 84.0 Å². The summed E-state index contributed by atoms with van der Waals surface area (Å²) in [5.74, 6) is 3.03. The minimum absolute atomic E-state index is 0.237. The fourth-order valence-corrected chi connectivity index (χ4v) is 3.84. The molecular weight excluding hydrogens is 373 g/mol. The molecule has 28 heavy (non-hydrogen) atoms. The zero-order valence-electron chi connectivity index (χ0n) is 15.6. The molecule has 4 nitrogen and oxygen atoms in total. The summed E-state index contributed by atoms with van der Waals surface area (Å²) >= 11 is 1.69. The van der Waals surface area contributed by atoms with Crippen molar-refractivity contribution >= 4 is 11.8 Å². The van der Waals surface area contributed by atoms with Gasteiger partial charge in [0, 0.05) is 18.2 Å². The molecule has 6 heteroatoms. The molecule has 1 aliphatic rings. The summed E-state index contributed by atoms with van der Waals surface area (Å²) in [7, 11) is 0. The van der Waals surface area contributed by atoms with Gasteiger partial charge in [0.15, 0.2) is 5.16 Å². The number of benzene rings is 2. The van der Waals surface area contributed by atoms with Gasteiger partial charge in [-0.1, -0.05) is 42.1 Å². The third kappa shape index (κ3) is 4.62. The molecule has 0 saturated heterocycles. The van der Waals surface area contributed by atoms with E-state index in [1.807, 2.05) is 18.2 Å². The van der Waals surface area contributed by atoms with Crippen molar-refractivity contribution in [2.75, 3.05) is 0 Å².